The number of alkyl halides is 4. The zero-order valence-corrected chi connectivity index (χ0v) is 20.1. The normalized spacial score (nSPS) is 16.0. The minimum Gasteiger partial charge on any atom is -0.341 e. The molecule has 3 rings (SSSR count). The summed E-state index contributed by atoms with van der Waals surface area (Å²) < 4.78 is 40.5. The smallest absolute Gasteiger partial charge is 0.341 e. The van der Waals surface area contributed by atoms with Crippen LogP contribution in [0.4, 0.5) is 13.2 Å². The van der Waals surface area contributed by atoms with Crippen LogP contribution < -0.4 is 0 Å². The van der Waals surface area contributed by atoms with Crippen LogP contribution in [0.2, 0.25) is 0 Å². The molecule has 2 aromatic carbocycles. The first-order valence-electron chi connectivity index (χ1n) is 11.0. The lowest BCUT2D eigenvalue weighted by Crippen LogP contribution is -2.53. The number of piperidine rings is 1. The number of likely N-dealkylation sites (tertiary alicyclic amines) is 1. The fourth-order valence-corrected chi connectivity index (χ4v) is 4.90. The number of hydrogen-bond donors (Lipinski definition) is 0. The summed E-state index contributed by atoms with van der Waals surface area (Å²) in [7, 11) is 1.31. The van der Waals surface area contributed by atoms with Crippen molar-refractivity contribution in [3.63, 3.8) is 0 Å². The molecular weight excluding hydrogens is 497 g/mol. The number of carbonyl (C=O) groups excluding carboxylic acids is 2. The van der Waals surface area contributed by atoms with Crippen LogP contribution >= 0.6 is 15.9 Å². The molecular formula is C25H28BrF3N2O2. The van der Waals surface area contributed by atoms with Gasteiger partial charge in [0.15, 0.2) is 0 Å². The highest BCUT2D eigenvalue weighted by Crippen LogP contribution is 2.31. The Labute approximate surface area is 200 Å². The van der Waals surface area contributed by atoms with Crippen LogP contribution in [0.5, 0.6) is 0 Å². The van der Waals surface area contributed by atoms with Gasteiger partial charge in [0.25, 0.3) is 0 Å². The third-order valence-corrected chi connectivity index (χ3v) is 7.10. The largest absolute Gasteiger partial charge is 0.391 e. The number of benzene rings is 2. The van der Waals surface area contributed by atoms with Gasteiger partial charge in [-0.15, -0.1) is 0 Å². The van der Waals surface area contributed by atoms with Gasteiger partial charge in [0, 0.05) is 25.5 Å². The fraction of sp³-hybridized carbons (Fsp3) is 0.440. The second kappa shape index (κ2) is 11.2. The molecule has 33 heavy (non-hydrogen) atoms. The van der Waals surface area contributed by atoms with Crippen molar-refractivity contribution in [1.29, 1.82) is 0 Å². The van der Waals surface area contributed by atoms with Crippen molar-refractivity contribution in [2.24, 2.45) is 5.92 Å². The first kappa shape index (κ1) is 25.3. The first-order valence-corrected chi connectivity index (χ1v) is 12.1. The van der Waals surface area contributed by atoms with Crippen LogP contribution in [0.15, 0.2) is 60.7 Å². The zero-order chi connectivity index (χ0) is 24.0. The highest BCUT2D eigenvalue weighted by Gasteiger charge is 2.42. The molecule has 1 aliphatic heterocycles. The van der Waals surface area contributed by atoms with E-state index in [1.807, 2.05) is 12.1 Å². The molecule has 0 saturated carbocycles. The van der Waals surface area contributed by atoms with E-state index in [4.69, 9.17) is 0 Å². The van der Waals surface area contributed by atoms with E-state index in [0.717, 1.165) is 23.1 Å². The molecule has 0 aromatic heterocycles. The predicted molar refractivity (Wildman–Crippen MR) is 125 cm³/mol. The summed E-state index contributed by atoms with van der Waals surface area (Å²) >= 11 is 3.43. The number of rotatable bonds is 7. The van der Waals surface area contributed by atoms with Crippen LogP contribution in [0.3, 0.4) is 0 Å². The Morgan fingerprint density at radius 3 is 1.91 bits per heavy atom. The molecule has 4 nitrogen and oxygen atoms in total. The van der Waals surface area contributed by atoms with E-state index >= 15 is 0 Å². The molecule has 8 heteroatoms. The van der Waals surface area contributed by atoms with Gasteiger partial charge < -0.3 is 9.80 Å². The molecule has 1 atom stereocenters. The lowest BCUT2D eigenvalue weighted by molar-refractivity contribution is -0.166. The Balaban J connectivity index is 1.90. The second-order valence-corrected chi connectivity index (χ2v) is 9.11. The third-order valence-electron chi connectivity index (χ3n) is 6.18. The van der Waals surface area contributed by atoms with Crippen molar-refractivity contribution in [3.05, 3.63) is 71.8 Å². The molecule has 2 aromatic rings. The third kappa shape index (κ3) is 6.59. The molecule has 0 spiro atoms. The summed E-state index contributed by atoms with van der Waals surface area (Å²) in [5, 5.41) is 0.801. The van der Waals surface area contributed by atoms with E-state index < -0.39 is 36.4 Å². The topological polar surface area (TPSA) is 40.6 Å². The van der Waals surface area contributed by atoms with Gasteiger partial charge in [0.05, 0.1) is 12.3 Å². The van der Waals surface area contributed by atoms with E-state index in [9.17, 15) is 22.8 Å². The molecule has 178 valence electrons. The average molecular weight is 525 g/mol. The first-order chi connectivity index (χ1) is 15.7. The second-order valence-electron chi connectivity index (χ2n) is 8.46. The summed E-state index contributed by atoms with van der Waals surface area (Å²) in [6.07, 6.45) is -4.51. The molecule has 1 heterocycles. The summed E-state index contributed by atoms with van der Waals surface area (Å²) in [5.74, 6) is -1.59. The SMILES string of the molecule is CN(C(=O)C(c1ccccc1)c1ccccc1)C(CC(F)(F)F)C(=O)N1CCC(CBr)CC1. The molecule has 0 aliphatic carbocycles. The Morgan fingerprint density at radius 2 is 1.48 bits per heavy atom. The molecule has 0 radical (unpaired) electrons. The minimum atomic E-state index is -4.59. The monoisotopic (exact) mass is 524 g/mol. The van der Waals surface area contributed by atoms with Gasteiger partial charge in [0.2, 0.25) is 11.8 Å². The van der Waals surface area contributed by atoms with Gasteiger partial charge in [-0.3, -0.25) is 9.59 Å². The van der Waals surface area contributed by atoms with Gasteiger partial charge in [-0.25, -0.2) is 0 Å². The quantitative estimate of drug-likeness (QED) is 0.465. The Kier molecular flexibility index (Phi) is 8.57. The summed E-state index contributed by atoms with van der Waals surface area (Å²) in [6.45, 7) is 0.790. The van der Waals surface area contributed by atoms with Crippen LogP contribution in [0.25, 0.3) is 0 Å². The standard InChI is InChI=1S/C25H28BrF3N2O2/c1-30(21(16-25(27,28)29)23(32)31-14-12-18(17-26)13-15-31)24(33)22(19-8-4-2-5-9-19)20-10-6-3-7-11-20/h2-11,18,21-22H,12-17H2,1H3. The van der Waals surface area contributed by atoms with Gasteiger partial charge >= 0.3 is 6.18 Å². The van der Waals surface area contributed by atoms with Gasteiger partial charge in [0.1, 0.15) is 6.04 Å². The highest BCUT2D eigenvalue weighted by atomic mass is 79.9. The molecule has 1 unspecified atom stereocenters. The van der Waals surface area contributed by atoms with Crippen molar-refractivity contribution in [3.8, 4) is 0 Å². The molecule has 1 saturated heterocycles. The maximum atomic E-state index is 13.6. The summed E-state index contributed by atoms with van der Waals surface area (Å²) in [6, 6.07) is 16.2. The number of likely N-dealkylation sites (N-methyl/N-ethyl adjacent to an activating group) is 1. The Bertz CT molecular complexity index is 877. The number of carbonyl (C=O) groups is 2. The Hall–Kier alpha value is -2.35. The predicted octanol–water partition coefficient (Wildman–Crippen LogP) is 5.23. The number of halogens is 4. The summed E-state index contributed by atoms with van der Waals surface area (Å²) in [4.78, 5) is 29.3. The van der Waals surface area contributed by atoms with Crippen LogP contribution in [0, 0.1) is 5.92 Å². The lowest BCUT2D eigenvalue weighted by atomic mass is 9.89. The highest BCUT2D eigenvalue weighted by molar-refractivity contribution is 9.09. The maximum Gasteiger partial charge on any atom is 0.391 e. The van der Waals surface area contributed by atoms with Crippen molar-refractivity contribution in [2.45, 2.75) is 37.4 Å². The Morgan fingerprint density at radius 1 is 1.00 bits per heavy atom. The molecule has 0 bridgehead atoms. The van der Waals surface area contributed by atoms with Crippen molar-refractivity contribution in [1.82, 2.24) is 9.80 Å². The lowest BCUT2D eigenvalue weighted by Gasteiger charge is -2.37. The van der Waals surface area contributed by atoms with Gasteiger partial charge in [-0.05, 0) is 29.9 Å². The number of amides is 2. The van der Waals surface area contributed by atoms with Crippen LogP contribution in [0.1, 0.15) is 36.3 Å². The molecule has 2 amide bonds. The molecule has 1 fully saturated rings. The maximum absolute atomic E-state index is 13.6. The van der Waals surface area contributed by atoms with Gasteiger partial charge in [-0.2, -0.15) is 13.2 Å². The number of hydrogen-bond acceptors (Lipinski definition) is 2. The fourth-order valence-electron chi connectivity index (χ4n) is 4.25. The van der Waals surface area contributed by atoms with Crippen molar-refractivity contribution < 1.29 is 22.8 Å². The van der Waals surface area contributed by atoms with E-state index in [-0.39, 0.29) is 0 Å². The van der Waals surface area contributed by atoms with Crippen molar-refractivity contribution in [2.75, 3.05) is 25.5 Å². The van der Waals surface area contributed by atoms with E-state index in [2.05, 4.69) is 15.9 Å². The molecule has 0 N–H and O–H groups in total. The van der Waals surface area contributed by atoms with Crippen molar-refractivity contribution >= 4 is 27.7 Å². The van der Waals surface area contributed by atoms with E-state index in [1.54, 1.807) is 48.5 Å². The minimum absolute atomic E-state index is 0.395. The molecule has 1 aliphatic rings. The van der Waals surface area contributed by atoms with E-state index in [0.29, 0.717) is 30.1 Å². The van der Waals surface area contributed by atoms with E-state index in [1.165, 1.54) is 11.9 Å². The number of nitrogens with zero attached hydrogens (tertiary/aromatic N) is 2. The summed E-state index contributed by atoms with van der Waals surface area (Å²) in [5.41, 5.74) is 1.33. The average Bonchev–Trinajstić information content (AvgIpc) is 2.82. The zero-order valence-electron chi connectivity index (χ0n) is 18.5. The van der Waals surface area contributed by atoms with Crippen LogP contribution in [-0.2, 0) is 9.59 Å². The van der Waals surface area contributed by atoms with Crippen LogP contribution in [-0.4, -0.2) is 59.3 Å². The van der Waals surface area contributed by atoms with Gasteiger partial charge in [-0.1, -0.05) is 76.6 Å².